The first kappa shape index (κ1) is 26.2. The summed E-state index contributed by atoms with van der Waals surface area (Å²) in [6, 6.07) is 0. The molecule has 35 heavy (non-hydrogen) atoms. The Kier molecular flexibility index (Phi) is 6.92. The molecule has 1 aliphatic heterocycles. The SMILES string of the molecule is C=C(C)[C@@H]1CC[C@@H]2C(=CC[C@]3(C)[C@@H]([C@H](C)[C@H]4CC=C(C)C(=O)O4)CC[C@@]23C)[C@@]1(C)CCC(=O)OC. The van der Waals surface area contributed by atoms with E-state index in [1.165, 1.54) is 31.9 Å². The molecule has 0 amide bonds. The molecular formula is C31H46O4. The molecule has 0 aromatic rings. The van der Waals surface area contributed by atoms with Crippen molar-refractivity contribution in [3.8, 4) is 0 Å². The van der Waals surface area contributed by atoms with Crippen molar-refractivity contribution < 1.29 is 19.1 Å². The Labute approximate surface area is 212 Å². The monoisotopic (exact) mass is 482 g/mol. The zero-order valence-electron chi connectivity index (χ0n) is 23.0. The Morgan fingerprint density at radius 3 is 2.54 bits per heavy atom. The second-order valence-electron chi connectivity index (χ2n) is 12.8. The molecule has 0 radical (unpaired) electrons. The number of methoxy groups -OCH3 is 1. The Morgan fingerprint density at radius 1 is 1.20 bits per heavy atom. The lowest BCUT2D eigenvalue weighted by molar-refractivity contribution is -0.151. The minimum absolute atomic E-state index is 0.0229. The molecule has 0 aromatic carbocycles. The summed E-state index contributed by atoms with van der Waals surface area (Å²) in [5, 5.41) is 0. The van der Waals surface area contributed by atoms with Crippen LogP contribution >= 0.6 is 0 Å². The van der Waals surface area contributed by atoms with E-state index in [1.807, 2.05) is 6.92 Å². The van der Waals surface area contributed by atoms with Crippen LogP contribution < -0.4 is 0 Å². The van der Waals surface area contributed by atoms with Crippen LogP contribution in [0.15, 0.2) is 35.5 Å². The fourth-order valence-corrected chi connectivity index (χ4v) is 8.86. The standard InChI is InChI=1S/C31H46O4/c1-19(2)22-10-11-25-24(29(22,5)16-15-27(32)34-8)14-18-30(6)23(13-17-31(25,30)7)21(4)26-12-9-20(3)28(33)35-26/h9,14,21-23,25-26H,1,10-13,15-18H2,2-8H3/t21-,22-,23+,25+,26+,29-,30+,31-/m0/s1. The van der Waals surface area contributed by atoms with Gasteiger partial charge in [-0.1, -0.05) is 57.6 Å². The van der Waals surface area contributed by atoms with E-state index in [9.17, 15) is 9.59 Å². The predicted octanol–water partition coefficient (Wildman–Crippen LogP) is 7.20. The molecule has 194 valence electrons. The Morgan fingerprint density at radius 2 is 1.91 bits per heavy atom. The second-order valence-corrected chi connectivity index (χ2v) is 12.8. The van der Waals surface area contributed by atoms with E-state index < -0.39 is 0 Å². The van der Waals surface area contributed by atoms with Gasteiger partial charge in [0, 0.05) is 18.4 Å². The number of rotatable bonds is 6. The van der Waals surface area contributed by atoms with E-state index in [-0.39, 0.29) is 34.3 Å². The highest BCUT2D eigenvalue weighted by Gasteiger charge is 2.63. The van der Waals surface area contributed by atoms with E-state index in [0.717, 1.165) is 31.3 Å². The van der Waals surface area contributed by atoms with Crippen LogP contribution in [0.4, 0.5) is 0 Å². The van der Waals surface area contributed by atoms with Crippen LogP contribution in [0, 0.1) is 39.9 Å². The molecular weight excluding hydrogens is 436 g/mol. The highest BCUT2D eigenvalue weighted by molar-refractivity contribution is 5.88. The van der Waals surface area contributed by atoms with Crippen LogP contribution in [0.25, 0.3) is 0 Å². The second kappa shape index (κ2) is 9.23. The molecule has 0 N–H and O–H groups in total. The molecule has 3 aliphatic carbocycles. The van der Waals surface area contributed by atoms with Crippen LogP contribution in [0.2, 0.25) is 0 Å². The number of allylic oxidation sites excluding steroid dienone is 3. The van der Waals surface area contributed by atoms with Gasteiger partial charge in [0.2, 0.25) is 0 Å². The van der Waals surface area contributed by atoms with E-state index in [4.69, 9.17) is 9.47 Å². The van der Waals surface area contributed by atoms with Crippen LogP contribution in [0.3, 0.4) is 0 Å². The third kappa shape index (κ3) is 4.03. The quantitative estimate of drug-likeness (QED) is 0.297. The van der Waals surface area contributed by atoms with Crippen LogP contribution in [0.5, 0.6) is 0 Å². The summed E-state index contributed by atoms with van der Waals surface area (Å²) in [5.41, 5.74) is 3.85. The van der Waals surface area contributed by atoms with Crippen LogP contribution in [0.1, 0.15) is 92.9 Å². The number of fused-ring (bicyclic) bond motifs is 3. The molecule has 2 saturated carbocycles. The fraction of sp³-hybridized carbons (Fsp3) is 0.742. The van der Waals surface area contributed by atoms with Crippen molar-refractivity contribution in [3.63, 3.8) is 0 Å². The normalized spacial score (nSPS) is 41.6. The predicted molar refractivity (Wildman–Crippen MR) is 139 cm³/mol. The van der Waals surface area contributed by atoms with E-state index >= 15 is 0 Å². The first-order chi connectivity index (χ1) is 16.4. The van der Waals surface area contributed by atoms with E-state index in [2.05, 4.69) is 53.3 Å². The van der Waals surface area contributed by atoms with Gasteiger partial charge in [0.15, 0.2) is 0 Å². The topological polar surface area (TPSA) is 52.6 Å². The van der Waals surface area contributed by atoms with Gasteiger partial charge in [-0.05, 0) is 92.3 Å². The van der Waals surface area contributed by atoms with Gasteiger partial charge in [0.05, 0.1) is 7.11 Å². The molecule has 2 fully saturated rings. The first-order valence-corrected chi connectivity index (χ1v) is 13.7. The lowest BCUT2D eigenvalue weighted by Gasteiger charge is -2.60. The van der Waals surface area contributed by atoms with Crippen molar-refractivity contribution in [1.82, 2.24) is 0 Å². The van der Waals surface area contributed by atoms with Crippen molar-refractivity contribution >= 4 is 11.9 Å². The van der Waals surface area contributed by atoms with Crippen LogP contribution in [-0.4, -0.2) is 25.2 Å². The minimum Gasteiger partial charge on any atom is -0.469 e. The summed E-state index contributed by atoms with van der Waals surface area (Å²) in [6.07, 6.45) is 12.5. The van der Waals surface area contributed by atoms with Crippen molar-refractivity contribution in [2.45, 2.75) is 99.0 Å². The van der Waals surface area contributed by atoms with Crippen molar-refractivity contribution in [2.75, 3.05) is 7.11 Å². The number of hydrogen-bond donors (Lipinski definition) is 0. The number of esters is 2. The van der Waals surface area contributed by atoms with E-state index in [0.29, 0.717) is 30.1 Å². The number of ether oxygens (including phenoxy) is 2. The van der Waals surface area contributed by atoms with Gasteiger partial charge in [-0.25, -0.2) is 4.79 Å². The number of hydrogen-bond acceptors (Lipinski definition) is 4. The van der Waals surface area contributed by atoms with Crippen molar-refractivity contribution in [3.05, 3.63) is 35.5 Å². The van der Waals surface area contributed by atoms with Gasteiger partial charge >= 0.3 is 11.9 Å². The molecule has 4 heteroatoms. The summed E-state index contributed by atoms with van der Waals surface area (Å²) in [7, 11) is 1.48. The Bertz CT molecular complexity index is 959. The van der Waals surface area contributed by atoms with Crippen molar-refractivity contribution in [2.24, 2.45) is 39.9 Å². The number of carbonyl (C=O) groups excluding carboxylic acids is 2. The van der Waals surface area contributed by atoms with Gasteiger partial charge in [-0.3, -0.25) is 4.79 Å². The number of carbonyl (C=O) groups is 2. The zero-order chi connectivity index (χ0) is 25.8. The average molecular weight is 483 g/mol. The van der Waals surface area contributed by atoms with Crippen LogP contribution in [-0.2, 0) is 19.1 Å². The molecule has 1 heterocycles. The van der Waals surface area contributed by atoms with Gasteiger partial charge in [-0.15, -0.1) is 0 Å². The highest BCUT2D eigenvalue weighted by atomic mass is 16.5. The summed E-state index contributed by atoms with van der Waals surface area (Å²) in [4.78, 5) is 24.4. The highest BCUT2D eigenvalue weighted by Crippen LogP contribution is 2.71. The molecule has 0 unspecified atom stereocenters. The van der Waals surface area contributed by atoms with E-state index in [1.54, 1.807) is 5.57 Å². The number of cyclic esters (lactones) is 1. The summed E-state index contributed by atoms with van der Waals surface area (Å²) in [5.74, 6) is 1.51. The van der Waals surface area contributed by atoms with Gasteiger partial charge in [-0.2, -0.15) is 0 Å². The summed E-state index contributed by atoms with van der Waals surface area (Å²) < 4.78 is 10.9. The molecule has 4 rings (SSSR count). The maximum Gasteiger partial charge on any atom is 0.333 e. The molecule has 8 atom stereocenters. The lowest BCUT2D eigenvalue weighted by Crippen LogP contribution is -2.52. The Balaban J connectivity index is 1.66. The van der Waals surface area contributed by atoms with Gasteiger partial charge in [0.25, 0.3) is 0 Å². The first-order valence-electron chi connectivity index (χ1n) is 13.7. The molecule has 4 aliphatic rings. The fourth-order valence-electron chi connectivity index (χ4n) is 8.86. The average Bonchev–Trinajstić information content (AvgIpc) is 3.10. The molecule has 0 saturated heterocycles. The molecule has 0 aromatic heterocycles. The molecule has 0 spiro atoms. The van der Waals surface area contributed by atoms with Crippen molar-refractivity contribution in [1.29, 1.82) is 0 Å². The summed E-state index contributed by atoms with van der Waals surface area (Å²) >= 11 is 0. The van der Waals surface area contributed by atoms with Gasteiger partial charge < -0.3 is 9.47 Å². The zero-order valence-corrected chi connectivity index (χ0v) is 23.0. The third-order valence-electron chi connectivity index (χ3n) is 11.3. The Hall–Kier alpha value is -1.84. The largest absolute Gasteiger partial charge is 0.469 e. The summed E-state index contributed by atoms with van der Waals surface area (Å²) in [6.45, 7) is 18.1. The maximum atomic E-state index is 12.3. The maximum absolute atomic E-state index is 12.3. The minimum atomic E-state index is -0.149. The smallest absolute Gasteiger partial charge is 0.333 e. The molecule has 4 nitrogen and oxygen atoms in total. The molecule has 0 bridgehead atoms. The third-order valence-corrected chi connectivity index (χ3v) is 11.3. The lowest BCUT2D eigenvalue weighted by atomic mass is 9.44. The van der Waals surface area contributed by atoms with Gasteiger partial charge in [0.1, 0.15) is 6.10 Å².